The molecule has 0 bridgehead atoms. The predicted molar refractivity (Wildman–Crippen MR) is 104 cm³/mol. The summed E-state index contributed by atoms with van der Waals surface area (Å²) in [4.78, 5) is 2.38. The van der Waals surface area contributed by atoms with Crippen LogP contribution in [0.15, 0.2) is 102 Å². The summed E-state index contributed by atoms with van der Waals surface area (Å²) in [6.45, 7) is 0.909. The van der Waals surface area contributed by atoms with Gasteiger partial charge in [-0.3, -0.25) is 0 Å². The third-order valence-electron chi connectivity index (χ3n) is 4.18. The van der Waals surface area contributed by atoms with Gasteiger partial charge in [0, 0.05) is 36.6 Å². The average molecular weight is 316 g/mol. The molecule has 24 heavy (non-hydrogen) atoms. The SMILES string of the molecule is CNC1=CC=CC(CN(C2=CC=CCC=C2)c2ccccc2)C=C1. The lowest BCUT2D eigenvalue weighted by Crippen LogP contribution is -2.27. The van der Waals surface area contributed by atoms with Crippen LogP contribution in [0.1, 0.15) is 6.42 Å². The van der Waals surface area contributed by atoms with Crippen molar-refractivity contribution in [1.29, 1.82) is 0 Å². The third-order valence-corrected chi connectivity index (χ3v) is 4.18. The second-order valence-electron chi connectivity index (χ2n) is 5.88. The third kappa shape index (κ3) is 4.17. The molecule has 0 spiro atoms. The second-order valence-corrected chi connectivity index (χ2v) is 5.88. The van der Waals surface area contributed by atoms with Crippen molar-refractivity contribution in [3.8, 4) is 0 Å². The molecule has 0 fully saturated rings. The van der Waals surface area contributed by atoms with E-state index in [1.54, 1.807) is 0 Å². The van der Waals surface area contributed by atoms with E-state index in [-0.39, 0.29) is 0 Å². The topological polar surface area (TPSA) is 15.3 Å². The quantitative estimate of drug-likeness (QED) is 0.844. The molecule has 1 aromatic carbocycles. The molecular weight excluding hydrogens is 292 g/mol. The van der Waals surface area contributed by atoms with Gasteiger partial charge in [-0.15, -0.1) is 0 Å². The first-order chi connectivity index (χ1) is 11.9. The number of hydrogen-bond acceptors (Lipinski definition) is 2. The van der Waals surface area contributed by atoms with E-state index in [1.165, 1.54) is 11.4 Å². The summed E-state index contributed by atoms with van der Waals surface area (Å²) in [5.41, 5.74) is 3.58. The number of likely N-dealkylation sites (N-methyl/N-ethyl adjacent to an activating group) is 1. The molecule has 0 aliphatic heterocycles. The minimum absolute atomic E-state index is 0.355. The van der Waals surface area contributed by atoms with Gasteiger partial charge in [0.15, 0.2) is 0 Å². The number of para-hydroxylation sites is 1. The van der Waals surface area contributed by atoms with Crippen LogP contribution in [0.3, 0.4) is 0 Å². The molecule has 0 saturated carbocycles. The van der Waals surface area contributed by atoms with Crippen molar-refractivity contribution in [2.24, 2.45) is 5.92 Å². The Kier molecular flexibility index (Phi) is 5.52. The summed E-state index contributed by atoms with van der Waals surface area (Å²) < 4.78 is 0. The lowest BCUT2D eigenvalue weighted by molar-refractivity contribution is 0.774. The van der Waals surface area contributed by atoms with Crippen molar-refractivity contribution in [3.63, 3.8) is 0 Å². The van der Waals surface area contributed by atoms with E-state index in [0.717, 1.165) is 18.7 Å². The fourth-order valence-corrected chi connectivity index (χ4v) is 2.86. The maximum Gasteiger partial charge on any atom is 0.0411 e. The van der Waals surface area contributed by atoms with Gasteiger partial charge in [-0.25, -0.2) is 0 Å². The van der Waals surface area contributed by atoms with E-state index < -0.39 is 0 Å². The standard InChI is InChI=1S/C22H24N2/c1-23-20-11-9-10-19(16-17-20)18-24(22-14-7-4-8-15-22)21-12-5-2-3-6-13-21/h2,4-17,19,23H,3,18H2,1H3. The van der Waals surface area contributed by atoms with Gasteiger partial charge in [0.05, 0.1) is 0 Å². The van der Waals surface area contributed by atoms with Gasteiger partial charge < -0.3 is 10.2 Å². The van der Waals surface area contributed by atoms with Crippen LogP contribution in [0.2, 0.25) is 0 Å². The highest BCUT2D eigenvalue weighted by atomic mass is 15.1. The Labute approximate surface area is 144 Å². The summed E-state index contributed by atoms with van der Waals surface area (Å²) in [6.07, 6.45) is 22.9. The molecule has 1 N–H and O–H groups in total. The molecule has 0 aromatic heterocycles. The van der Waals surface area contributed by atoms with E-state index in [1.807, 2.05) is 7.05 Å². The van der Waals surface area contributed by atoms with Crippen LogP contribution >= 0.6 is 0 Å². The first kappa shape index (κ1) is 16.1. The minimum atomic E-state index is 0.355. The Balaban J connectivity index is 1.86. The van der Waals surface area contributed by atoms with Crippen molar-refractivity contribution in [1.82, 2.24) is 5.32 Å². The average Bonchev–Trinajstić information content (AvgIpc) is 3.03. The molecule has 1 atom stereocenters. The Morgan fingerprint density at radius 1 is 1.00 bits per heavy atom. The summed E-state index contributed by atoms with van der Waals surface area (Å²) in [5.74, 6) is 0.355. The zero-order valence-electron chi connectivity index (χ0n) is 14.1. The van der Waals surface area contributed by atoms with E-state index >= 15 is 0 Å². The highest BCUT2D eigenvalue weighted by molar-refractivity contribution is 5.56. The summed E-state index contributed by atoms with van der Waals surface area (Å²) in [6, 6.07) is 10.6. The zero-order chi connectivity index (χ0) is 16.6. The molecule has 0 radical (unpaired) electrons. The van der Waals surface area contributed by atoms with Crippen LogP contribution in [-0.4, -0.2) is 13.6 Å². The van der Waals surface area contributed by atoms with Crippen molar-refractivity contribution in [2.75, 3.05) is 18.5 Å². The number of nitrogens with zero attached hydrogens (tertiary/aromatic N) is 1. The van der Waals surface area contributed by atoms with Gasteiger partial charge in [-0.1, -0.05) is 54.7 Å². The van der Waals surface area contributed by atoms with Crippen LogP contribution in [-0.2, 0) is 0 Å². The Morgan fingerprint density at radius 3 is 2.71 bits per heavy atom. The highest BCUT2D eigenvalue weighted by Crippen LogP contribution is 2.24. The molecule has 122 valence electrons. The Hall–Kier alpha value is -2.74. The summed E-state index contributed by atoms with van der Waals surface area (Å²) in [7, 11) is 1.95. The molecule has 2 heteroatoms. The number of hydrogen-bond donors (Lipinski definition) is 1. The Bertz CT molecular complexity index is 718. The second kappa shape index (κ2) is 8.21. The summed E-state index contributed by atoms with van der Waals surface area (Å²) >= 11 is 0. The van der Waals surface area contributed by atoms with Crippen molar-refractivity contribution < 1.29 is 0 Å². The predicted octanol–water partition coefficient (Wildman–Crippen LogP) is 4.74. The van der Waals surface area contributed by atoms with Gasteiger partial charge >= 0.3 is 0 Å². The van der Waals surface area contributed by atoms with E-state index in [2.05, 4.69) is 101 Å². The summed E-state index contributed by atoms with van der Waals surface area (Å²) in [5, 5.41) is 3.20. The molecule has 1 unspecified atom stereocenters. The smallest absolute Gasteiger partial charge is 0.0411 e. The number of benzene rings is 1. The van der Waals surface area contributed by atoms with E-state index in [4.69, 9.17) is 0 Å². The molecule has 0 saturated heterocycles. The van der Waals surface area contributed by atoms with Crippen LogP contribution in [0.4, 0.5) is 5.69 Å². The van der Waals surface area contributed by atoms with Crippen LogP contribution in [0, 0.1) is 5.92 Å². The molecule has 3 rings (SSSR count). The molecule has 0 heterocycles. The molecule has 2 aliphatic carbocycles. The van der Waals surface area contributed by atoms with Gasteiger partial charge in [0.1, 0.15) is 0 Å². The maximum atomic E-state index is 3.20. The normalized spacial score (nSPS) is 19.3. The zero-order valence-corrected chi connectivity index (χ0v) is 14.1. The largest absolute Gasteiger partial charge is 0.388 e. The van der Waals surface area contributed by atoms with Crippen molar-refractivity contribution in [2.45, 2.75) is 6.42 Å². The van der Waals surface area contributed by atoms with Gasteiger partial charge in [0.25, 0.3) is 0 Å². The minimum Gasteiger partial charge on any atom is -0.388 e. The van der Waals surface area contributed by atoms with Crippen LogP contribution in [0.25, 0.3) is 0 Å². The molecule has 2 nitrogen and oxygen atoms in total. The molecule has 0 amide bonds. The fourth-order valence-electron chi connectivity index (χ4n) is 2.86. The van der Waals surface area contributed by atoms with Crippen molar-refractivity contribution in [3.05, 3.63) is 102 Å². The first-order valence-corrected chi connectivity index (χ1v) is 8.47. The lowest BCUT2D eigenvalue weighted by Gasteiger charge is -2.28. The van der Waals surface area contributed by atoms with E-state index in [9.17, 15) is 0 Å². The van der Waals surface area contributed by atoms with Crippen molar-refractivity contribution >= 4 is 5.69 Å². The number of nitrogens with one attached hydrogen (secondary N) is 1. The van der Waals surface area contributed by atoms with Gasteiger partial charge in [-0.2, -0.15) is 0 Å². The lowest BCUT2D eigenvalue weighted by atomic mass is 10.1. The number of rotatable bonds is 5. The fraction of sp³-hybridized carbons (Fsp3) is 0.182. The highest BCUT2D eigenvalue weighted by Gasteiger charge is 2.14. The van der Waals surface area contributed by atoms with E-state index in [0.29, 0.717) is 5.92 Å². The van der Waals surface area contributed by atoms with Gasteiger partial charge in [-0.05, 0) is 42.9 Å². The maximum absolute atomic E-state index is 3.20. The monoisotopic (exact) mass is 316 g/mol. The Morgan fingerprint density at radius 2 is 1.88 bits per heavy atom. The van der Waals surface area contributed by atoms with Crippen LogP contribution < -0.4 is 10.2 Å². The number of allylic oxidation sites excluding steroid dienone is 8. The first-order valence-electron chi connectivity index (χ1n) is 8.47. The molecular formula is C22H24N2. The van der Waals surface area contributed by atoms with Gasteiger partial charge in [0.2, 0.25) is 0 Å². The molecule has 2 aliphatic rings. The number of anilines is 1. The molecule has 1 aromatic rings. The van der Waals surface area contributed by atoms with Crippen LogP contribution in [0.5, 0.6) is 0 Å².